The molecule has 10 nitrogen and oxygen atoms in total. The standard InChI is InChI=1S/C14H16N4O6S/c1-8(19)15-9-3-2-4-10(7-9)16-14(21)17-6-5-11-12(17)13(20)18(11)25(22,23)24/h2-4,7,11-12H,5-6H2,1H3,(H,15,19)(H,16,21)(H,22,23,24)/t11-,12+/m1/s1. The van der Waals surface area contributed by atoms with E-state index in [-0.39, 0.29) is 18.9 Å². The van der Waals surface area contributed by atoms with Crippen molar-refractivity contribution in [2.45, 2.75) is 25.4 Å². The summed E-state index contributed by atoms with van der Waals surface area (Å²) in [5.74, 6) is -1.08. The first-order valence-electron chi connectivity index (χ1n) is 7.44. The van der Waals surface area contributed by atoms with Gasteiger partial charge in [-0.05, 0) is 24.6 Å². The third-order valence-corrected chi connectivity index (χ3v) is 5.03. The van der Waals surface area contributed by atoms with E-state index in [1.165, 1.54) is 11.8 Å². The van der Waals surface area contributed by atoms with E-state index >= 15 is 0 Å². The predicted octanol–water partition coefficient (Wildman–Crippen LogP) is 0.265. The number of anilines is 2. The molecular formula is C14H16N4O6S. The number of carbonyl (C=O) groups is 3. The first kappa shape index (κ1) is 17.2. The molecule has 3 rings (SSSR count). The monoisotopic (exact) mass is 368 g/mol. The zero-order chi connectivity index (χ0) is 18.4. The van der Waals surface area contributed by atoms with Crippen LogP contribution >= 0.6 is 0 Å². The van der Waals surface area contributed by atoms with Gasteiger partial charge in [0.2, 0.25) is 5.91 Å². The van der Waals surface area contributed by atoms with E-state index in [2.05, 4.69) is 10.6 Å². The molecule has 0 bridgehead atoms. The van der Waals surface area contributed by atoms with E-state index in [0.29, 0.717) is 15.7 Å². The van der Waals surface area contributed by atoms with Gasteiger partial charge in [0, 0.05) is 24.8 Å². The average molecular weight is 368 g/mol. The van der Waals surface area contributed by atoms with Gasteiger partial charge in [0.25, 0.3) is 5.91 Å². The molecule has 11 heteroatoms. The van der Waals surface area contributed by atoms with Crippen LogP contribution in [0.4, 0.5) is 16.2 Å². The molecule has 0 aliphatic carbocycles. The number of amides is 4. The minimum atomic E-state index is -4.61. The smallest absolute Gasteiger partial charge is 0.326 e. The van der Waals surface area contributed by atoms with E-state index in [1.807, 2.05) is 0 Å². The lowest BCUT2D eigenvalue weighted by atomic mass is 10.0. The number of rotatable bonds is 3. The molecule has 2 aliphatic heterocycles. The van der Waals surface area contributed by atoms with Crippen molar-refractivity contribution in [2.75, 3.05) is 17.2 Å². The zero-order valence-corrected chi connectivity index (χ0v) is 14.0. The molecule has 2 atom stereocenters. The van der Waals surface area contributed by atoms with E-state index in [0.717, 1.165) is 0 Å². The average Bonchev–Trinajstić information content (AvgIpc) is 2.84. The Balaban J connectivity index is 1.69. The van der Waals surface area contributed by atoms with Gasteiger partial charge in [-0.1, -0.05) is 6.07 Å². The Labute approximate surface area is 143 Å². The second-order valence-corrected chi connectivity index (χ2v) is 7.09. The van der Waals surface area contributed by atoms with Crippen molar-refractivity contribution in [1.82, 2.24) is 9.21 Å². The van der Waals surface area contributed by atoms with E-state index in [1.54, 1.807) is 24.3 Å². The summed E-state index contributed by atoms with van der Waals surface area (Å²) in [5, 5.41) is 5.19. The van der Waals surface area contributed by atoms with Crippen molar-refractivity contribution >= 4 is 39.5 Å². The van der Waals surface area contributed by atoms with Crippen LogP contribution in [0.1, 0.15) is 13.3 Å². The van der Waals surface area contributed by atoms with Crippen molar-refractivity contribution in [3.63, 3.8) is 0 Å². The lowest BCUT2D eigenvalue weighted by Gasteiger charge is -2.42. The number of nitrogens with zero attached hydrogens (tertiary/aromatic N) is 2. The number of urea groups is 1. The highest BCUT2D eigenvalue weighted by atomic mass is 32.2. The first-order chi connectivity index (χ1) is 11.7. The van der Waals surface area contributed by atoms with Gasteiger partial charge in [-0.2, -0.15) is 8.42 Å². The SMILES string of the molecule is CC(=O)Nc1cccc(NC(=O)N2CC[C@@H]3[C@H]2C(=O)N3S(=O)(=O)O)c1. The maximum absolute atomic E-state index is 12.4. The minimum Gasteiger partial charge on any atom is -0.326 e. The molecule has 0 spiro atoms. The van der Waals surface area contributed by atoms with Gasteiger partial charge in [-0.15, -0.1) is 0 Å². The summed E-state index contributed by atoms with van der Waals surface area (Å²) in [6.07, 6.45) is 0.259. The van der Waals surface area contributed by atoms with Crippen LogP contribution < -0.4 is 10.6 Å². The molecule has 2 fully saturated rings. The molecule has 0 saturated carbocycles. The van der Waals surface area contributed by atoms with Crippen molar-refractivity contribution in [2.24, 2.45) is 0 Å². The number of nitrogens with one attached hydrogen (secondary N) is 2. The van der Waals surface area contributed by atoms with Crippen LogP contribution in [0.2, 0.25) is 0 Å². The number of likely N-dealkylation sites (tertiary alicyclic amines) is 1. The molecule has 4 amide bonds. The fourth-order valence-electron chi connectivity index (χ4n) is 3.12. The van der Waals surface area contributed by atoms with Crippen molar-refractivity contribution < 1.29 is 27.4 Å². The lowest BCUT2D eigenvalue weighted by molar-refractivity contribution is -0.143. The van der Waals surface area contributed by atoms with Crippen LogP contribution in [0.15, 0.2) is 24.3 Å². The second-order valence-electron chi connectivity index (χ2n) is 5.80. The third kappa shape index (κ3) is 3.15. The fraction of sp³-hybridized carbons (Fsp3) is 0.357. The summed E-state index contributed by atoms with van der Waals surface area (Å²) < 4.78 is 31.8. The topological polar surface area (TPSA) is 136 Å². The Morgan fingerprint density at radius 1 is 1.24 bits per heavy atom. The summed E-state index contributed by atoms with van der Waals surface area (Å²) in [6.45, 7) is 1.54. The summed E-state index contributed by atoms with van der Waals surface area (Å²) in [6, 6.07) is 4.27. The van der Waals surface area contributed by atoms with Crippen LogP contribution in [-0.2, 0) is 19.9 Å². The molecule has 1 aromatic rings. The normalized spacial score (nSPS) is 22.2. The van der Waals surface area contributed by atoms with Gasteiger partial charge < -0.3 is 15.5 Å². The van der Waals surface area contributed by atoms with Crippen molar-refractivity contribution in [1.29, 1.82) is 0 Å². The fourth-order valence-corrected chi connectivity index (χ4v) is 4.02. The molecule has 25 heavy (non-hydrogen) atoms. The van der Waals surface area contributed by atoms with Crippen LogP contribution in [0.3, 0.4) is 0 Å². The predicted molar refractivity (Wildman–Crippen MR) is 87.1 cm³/mol. The van der Waals surface area contributed by atoms with Crippen LogP contribution in [-0.4, -0.2) is 58.6 Å². The Hall–Kier alpha value is -2.66. The minimum absolute atomic E-state index is 0.185. The highest BCUT2D eigenvalue weighted by Crippen LogP contribution is 2.35. The molecule has 134 valence electrons. The van der Waals surface area contributed by atoms with Gasteiger partial charge in [0.1, 0.15) is 6.04 Å². The molecular weight excluding hydrogens is 352 g/mol. The number of benzene rings is 1. The molecule has 2 aliphatic rings. The summed E-state index contributed by atoms with van der Waals surface area (Å²) in [4.78, 5) is 36.6. The summed E-state index contributed by atoms with van der Waals surface area (Å²) in [7, 11) is -4.61. The molecule has 1 aromatic carbocycles. The Morgan fingerprint density at radius 2 is 1.88 bits per heavy atom. The van der Waals surface area contributed by atoms with Gasteiger partial charge in [0.05, 0.1) is 6.04 Å². The third-order valence-electron chi connectivity index (χ3n) is 4.08. The Morgan fingerprint density at radius 3 is 2.48 bits per heavy atom. The number of hydrogen-bond acceptors (Lipinski definition) is 5. The quantitative estimate of drug-likeness (QED) is 0.517. The van der Waals surface area contributed by atoms with Crippen molar-refractivity contribution in [3.8, 4) is 0 Å². The Bertz CT molecular complexity index is 855. The van der Waals surface area contributed by atoms with Crippen LogP contribution in [0, 0.1) is 0 Å². The zero-order valence-electron chi connectivity index (χ0n) is 13.2. The van der Waals surface area contributed by atoms with Gasteiger partial charge in [-0.25, -0.2) is 9.10 Å². The van der Waals surface area contributed by atoms with E-state index in [9.17, 15) is 22.8 Å². The highest BCUT2D eigenvalue weighted by Gasteiger charge is 2.60. The van der Waals surface area contributed by atoms with Crippen LogP contribution in [0.5, 0.6) is 0 Å². The molecule has 0 aromatic heterocycles. The van der Waals surface area contributed by atoms with E-state index < -0.39 is 34.3 Å². The van der Waals surface area contributed by atoms with Gasteiger partial charge >= 0.3 is 16.3 Å². The molecule has 0 unspecified atom stereocenters. The van der Waals surface area contributed by atoms with Gasteiger partial charge in [0.15, 0.2) is 0 Å². The first-order valence-corrected chi connectivity index (χ1v) is 8.84. The maximum atomic E-state index is 12.4. The lowest BCUT2D eigenvalue weighted by Crippen LogP contribution is -2.68. The van der Waals surface area contributed by atoms with Crippen LogP contribution in [0.25, 0.3) is 0 Å². The molecule has 2 heterocycles. The Kier molecular flexibility index (Phi) is 4.13. The second kappa shape index (κ2) is 6.01. The summed E-state index contributed by atoms with van der Waals surface area (Å²) in [5.41, 5.74) is 0.917. The molecule has 2 saturated heterocycles. The largest absolute Gasteiger partial charge is 0.362 e. The summed E-state index contributed by atoms with van der Waals surface area (Å²) >= 11 is 0. The maximum Gasteiger partial charge on any atom is 0.362 e. The van der Waals surface area contributed by atoms with Gasteiger partial charge in [-0.3, -0.25) is 14.1 Å². The number of hydrogen-bond donors (Lipinski definition) is 3. The molecule has 3 N–H and O–H groups in total. The number of fused-ring (bicyclic) bond motifs is 1. The highest BCUT2D eigenvalue weighted by molar-refractivity contribution is 7.84. The number of β-lactam (4-membered cyclic amide) rings is 1. The number of carbonyl (C=O) groups excluding carboxylic acids is 3. The molecule has 0 radical (unpaired) electrons. The van der Waals surface area contributed by atoms with E-state index in [4.69, 9.17) is 4.55 Å². The van der Waals surface area contributed by atoms with Crippen molar-refractivity contribution in [3.05, 3.63) is 24.3 Å².